The van der Waals surface area contributed by atoms with E-state index in [0.717, 1.165) is 18.1 Å². The van der Waals surface area contributed by atoms with Crippen molar-refractivity contribution in [1.82, 2.24) is 15.6 Å². The lowest BCUT2D eigenvalue weighted by molar-refractivity contribution is 0.0945. The molecular formula is C16H18FN3O2S. The molecular weight excluding hydrogens is 317 g/mol. The van der Waals surface area contributed by atoms with E-state index < -0.39 is 0 Å². The van der Waals surface area contributed by atoms with Crippen molar-refractivity contribution in [2.24, 2.45) is 5.92 Å². The summed E-state index contributed by atoms with van der Waals surface area (Å²) >= 11 is 1.33. The normalized spacial score (nSPS) is 14.3. The quantitative estimate of drug-likeness (QED) is 0.849. The predicted molar refractivity (Wildman–Crippen MR) is 86.3 cm³/mol. The molecule has 1 aromatic carbocycles. The smallest absolute Gasteiger partial charge is 0.263 e. The van der Waals surface area contributed by atoms with Crippen LogP contribution in [0.3, 0.4) is 0 Å². The molecule has 1 saturated heterocycles. The van der Waals surface area contributed by atoms with Gasteiger partial charge in [0.25, 0.3) is 5.91 Å². The van der Waals surface area contributed by atoms with Crippen LogP contribution in [0.1, 0.15) is 20.4 Å². The highest BCUT2D eigenvalue weighted by atomic mass is 32.1. The zero-order valence-electron chi connectivity index (χ0n) is 12.8. The molecule has 2 heterocycles. The second-order valence-electron chi connectivity index (χ2n) is 5.50. The van der Waals surface area contributed by atoms with Crippen molar-refractivity contribution < 1.29 is 13.9 Å². The van der Waals surface area contributed by atoms with Crippen molar-refractivity contribution in [3.05, 3.63) is 45.7 Å². The van der Waals surface area contributed by atoms with Crippen molar-refractivity contribution in [3.63, 3.8) is 0 Å². The van der Waals surface area contributed by atoms with E-state index in [4.69, 9.17) is 4.74 Å². The summed E-state index contributed by atoms with van der Waals surface area (Å²) in [4.78, 5) is 17.2. The monoisotopic (exact) mass is 335 g/mol. The average molecular weight is 335 g/mol. The molecule has 0 spiro atoms. The standard InChI is InChI=1S/C16H18FN3O2S/c1-10-15(16(21)19-8-11-6-18-7-11)23-14(20-10)9-22-13-4-2-12(17)3-5-13/h2-5,11,18H,6-9H2,1H3,(H,19,21). The molecule has 0 saturated carbocycles. The highest BCUT2D eigenvalue weighted by Crippen LogP contribution is 2.20. The van der Waals surface area contributed by atoms with E-state index in [-0.39, 0.29) is 18.3 Å². The summed E-state index contributed by atoms with van der Waals surface area (Å²) in [6.45, 7) is 4.68. The maximum absolute atomic E-state index is 12.8. The van der Waals surface area contributed by atoms with Gasteiger partial charge in [0, 0.05) is 25.6 Å². The van der Waals surface area contributed by atoms with Crippen LogP contribution in [0.25, 0.3) is 0 Å². The Kier molecular flexibility index (Phi) is 4.88. The first-order chi connectivity index (χ1) is 11.1. The Morgan fingerprint density at radius 1 is 1.43 bits per heavy atom. The van der Waals surface area contributed by atoms with Crippen LogP contribution in [-0.4, -0.2) is 30.5 Å². The lowest BCUT2D eigenvalue weighted by Crippen LogP contribution is -2.48. The number of benzene rings is 1. The van der Waals surface area contributed by atoms with Crippen LogP contribution in [0.5, 0.6) is 5.75 Å². The molecule has 0 bridgehead atoms. The third-order valence-corrected chi connectivity index (χ3v) is 4.77. The van der Waals surface area contributed by atoms with E-state index in [1.165, 1.54) is 23.5 Å². The summed E-state index contributed by atoms with van der Waals surface area (Å²) in [6, 6.07) is 5.82. The van der Waals surface area contributed by atoms with Gasteiger partial charge in [0.2, 0.25) is 0 Å². The van der Waals surface area contributed by atoms with Crippen LogP contribution < -0.4 is 15.4 Å². The number of carbonyl (C=O) groups excluding carboxylic acids is 1. The summed E-state index contributed by atoms with van der Waals surface area (Å²) < 4.78 is 18.4. The van der Waals surface area contributed by atoms with Crippen LogP contribution in [0, 0.1) is 18.7 Å². The number of ether oxygens (including phenoxy) is 1. The van der Waals surface area contributed by atoms with Gasteiger partial charge < -0.3 is 15.4 Å². The number of halogens is 1. The second-order valence-corrected chi connectivity index (χ2v) is 6.58. The van der Waals surface area contributed by atoms with Gasteiger partial charge in [0.15, 0.2) is 0 Å². The molecule has 2 N–H and O–H groups in total. The first-order valence-corrected chi connectivity index (χ1v) is 8.27. The maximum atomic E-state index is 12.8. The summed E-state index contributed by atoms with van der Waals surface area (Å²) in [5.74, 6) is 0.708. The highest BCUT2D eigenvalue weighted by Gasteiger charge is 2.20. The summed E-state index contributed by atoms with van der Waals surface area (Å²) in [7, 11) is 0. The van der Waals surface area contributed by atoms with E-state index in [1.807, 2.05) is 6.92 Å². The molecule has 1 amide bonds. The highest BCUT2D eigenvalue weighted by molar-refractivity contribution is 7.13. The molecule has 1 aromatic heterocycles. The number of aromatic nitrogens is 1. The Balaban J connectivity index is 1.56. The lowest BCUT2D eigenvalue weighted by Gasteiger charge is -2.26. The molecule has 2 aromatic rings. The number of nitrogens with zero attached hydrogens (tertiary/aromatic N) is 1. The number of rotatable bonds is 6. The molecule has 0 atom stereocenters. The van der Waals surface area contributed by atoms with E-state index in [1.54, 1.807) is 12.1 Å². The van der Waals surface area contributed by atoms with Gasteiger partial charge in [-0.25, -0.2) is 9.37 Å². The average Bonchev–Trinajstić information content (AvgIpc) is 2.86. The minimum absolute atomic E-state index is 0.0834. The van der Waals surface area contributed by atoms with Gasteiger partial charge in [-0.3, -0.25) is 4.79 Å². The Morgan fingerprint density at radius 3 is 2.83 bits per heavy atom. The SMILES string of the molecule is Cc1nc(COc2ccc(F)cc2)sc1C(=O)NCC1CNC1. The molecule has 1 aliphatic heterocycles. The van der Waals surface area contributed by atoms with Crippen LogP contribution in [-0.2, 0) is 6.61 Å². The number of amides is 1. The third-order valence-electron chi connectivity index (χ3n) is 3.64. The fourth-order valence-corrected chi connectivity index (χ4v) is 3.10. The largest absolute Gasteiger partial charge is 0.486 e. The minimum atomic E-state index is -0.303. The van der Waals surface area contributed by atoms with Crippen LogP contribution in [0.4, 0.5) is 4.39 Å². The van der Waals surface area contributed by atoms with E-state index in [0.29, 0.717) is 28.8 Å². The lowest BCUT2D eigenvalue weighted by atomic mass is 10.0. The first kappa shape index (κ1) is 15.9. The predicted octanol–water partition coefficient (Wildman–Crippen LogP) is 2.12. The topological polar surface area (TPSA) is 63.2 Å². The number of hydrogen-bond donors (Lipinski definition) is 2. The Labute approximate surface area is 137 Å². The van der Waals surface area contributed by atoms with Gasteiger partial charge in [-0.1, -0.05) is 0 Å². The molecule has 3 rings (SSSR count). The summed E-state index contributed by atoms with van der Waals surface area (Å²) in [5.41, 5.74) is 0.706. The fraction of sp³-hybridized carbons (Fsp3) is 0.375. The fourth-order valence-electron chi connectivity index (χ4n) is 2.21. The summed E-state index contributed by atoms with van der Waals surface area (Å²) in [6.07, 6.45) is 0. The van der Waals surface area contributed by atoms with Crippen LogP contribution >= 0.6 is 11.3 Å². The number of aryl methyl sites for hydroxylation is 1. The summed E-state index contributed by atoms with van der Waals surface area (Å²) in [5, 5.41) is 6.84. The molecule has 0 unspecified atom stereocenters. The first-order valence-electron chi connectivity index (χ1n) is 7.45. The zero-order chi connectivity index (χ0) is 16.2. The zero-order valence-corrected chi connectivity index (χ0v) is 13.6. The van der Waals surface area contributed by atoms with E-state index in [9.17, 15) is 9.18 Å². The Hall–Kier alpha value is -1.99. The molecule has 1 aliphatic rings. The number of nitrogens with one attached hydrogen (secondary N) is 2. The third kappa shape index (κ3) is 4.05. The van der Waals surface area contributed by atoms with E-state index >= 15 is 0 Å². The van der Waals surface area contributed by atoms with Gasteiger partial charge in [-0.15, -0.1) is 11.3 Å². The Morgan fingerprint density at radius 2 is 2.17 bits per heavy atom. The molecule has 0 radical (unpaired) electrons. The van der Waals surface area contributed by atoms with Gasteiger partial charge in [0.1, 0.15) is 28.1 Å². The van der Waals surface area contributed by atoms with Gasteiger partial charge in [-0.2, -0.15) is 0 Å². The van der Waals surface area contributed by atoms with Crippen LogP contribution in [0.15, 0.2) is 24.3 Å². The molecule has 0 aliphatic carbocycles. The van der Waals surface area contributed by atoms with Crippen molar-refractivity contribution in [3.8, 4) is 5.75 Å². The van der Waals surface area contributed by atoms with Crippen molar-refractivity contribution >= 4 is 17.2 Å². The van der Waals surface area contributed by atoms with Gasteiger partial charge >= 0.3 is 0 Å². The number of hydrogen-bond acceptors (Lipinski definition) is 5. The molecule has 122 valence electrons. The van der Waals surface area contributed by atoms with Crippen molar-refractivity contribution in [2.45, 2.75) is 13.5 Å². The molecule has 5 nitrogen and oxygen atoms in total. The van der Waals surface area contributed by atoms with Crippen LogP contribution in [0.2, 0.25) is 0 Å². The van der Waals surface area contributed by atoms with E-state index in [2.05, 4.69) is 15.6 Å². The second kappa shape index (κ2) is 7.06. The van der Waals surface area contributed by atoms with Crippen molar-refractivity contribution in [2.75, 3.05) is 19.6 Å². The number of carbonyl (C=O) groups is 1. The van der Waals surface area contributed by atoms with Gasteiger partial charge in [-0.05, 0) is 31.2 Å². The number of thiazole rings is 1. The minimum Gasteiger partial charge on any atom is -0.486 e. The molecule has 7 heteroatoms. The molecule has 23 heavy (non-hydrogen) atoms. The van der Waals surface area contributed by atoms with Crippen molar-refractivity contribution in [1.29, 1.82) is 0 Å². The molecule has 1 fully saturated rings. The Bertz CT molecular complexity index is 683. The maximum Gasteiger partial charge on any atom is 0.263 e. The van der Waals surface area contributed by atoms with Gasteiger partial charge in [0.05, 0.1) is 5.69 Å².